The predicted molar refractivity (Wildman–Crippen MR) is 126 cm³/mol. The van der Waals surface area contributed by atoms with Gasteiger partial charge in [-0.05, 0) is 76.5 Å². The number of carbonyl (C=O) groups is 1. The van der Waals surface area contributed by atoms with Crippen LogP contribution in [0.25, 0.3) is 0 Å². The number of pyridine rings is 1. The quantitative estimate of drug-likeness (QED) is 0.768. The van der Waals surface area contributed by atoms with E-state index in [9.17, 15) is 9.18 Å². The molecule has 0 spiro atoms. The molecule has 2 aliphatic rings. The summed E-state index contributed by atoms with van der Waals surface area (Å²) in [6.07, 6.45) is 5.98. The van der Waals surface area contributed by atoms with Crippen LogP contribution in [0.3, 0.4) is 0 Å². The minimum absolute atomic E-state index is 0.0390. The van der Waals surface area contributed by atoms with Crippen molar-refractivity contribution in [1.29, 1.82) is 0 Å². The zero-order valence-electron chi connectivity index (χ0n) is 19.4. The topological polar surface area (TPSA) is 51.7 Å². The van der Waals surface area contributed by atoms with E-state index in [0.29, 0.717) is 18.2 Å². The number of piperidine rings is 1. The van der Waals surface area contributed by atoms with Gasteiger partial charge in [0.1, 0.15) is 5.82 Å². The van der Waals surface area contributed by atoms with Gasteiger partial charge in [0.25, 0.3) is 5.91 Å². The van der Waals surface area contributed by atoms with Gasteiger partial charge in [-0.1, -0.05) is 0 Å². The number of benzene rings is 1. The molecule has 0 bridgehead atoms. The lowest BCUT2D eigenvalue weighted by molar-refractivity contribution is 0.0717. The maximum absolute atomic E-state index is 14.3. The van der Waals surface area contributed by atoms with Gasteiger partial charge in [0.15, 0.2) is 0 Å². The van der Waals surface area contributed by atoms with Crippen LogP contribution in [0, 0.1) is 5.82 Å². The number of amides is 1. The van der Waals surface area contributed by atoms with Crippen LogP contribution in [0.2, 0.25) is 0 Å². The molecule has 1 amide bonds. The molecule has 0 radical (unpaired) electrons. The van der Waals surface area contributed by atoms with Crippen molar-refractivity contribution in [2.45, 2.75) is 52.2 Å². The van der Waals surface area contributed by atoms with Crippen LogP contribution in [0.4, 0.5) is 15.8 Å². The van der Waals surface area contributed by atoms with Crippen molar-refractivity contribution in [3.8, 4) is 0 Å². The first kappa shape index (κ1) is 22.7. The maximum atomic E-state index is 14.3. The number of hydrogen-bond acceptors (Lipinski definition) is 5. The van der Waals surface area contributed by atoms with Crippen molar-refractivity contribution >= 4 is 17.3 Å². The second kappa shape index (κ2) is 9.96. The molecule has 0 unspecified atom stereocenters. The minimum Gasteiger partial charge on any atom is -0.338 e. The number of aromatic nitrogens is 1. The molecule has 1 aromatic carbocycles. The lowest BCUT2D eigenvalue weighted by atomic mass is 10.0. The van der Waals surface area contributed by atoms with Crippen LogP contribution in [0.1, 0.15) is 49.5 Å². The zero-order valence-corrected chi connectivity index (χ0v) is 19.4. The van der Waals surface area contributed by atoms with Gasteiger partial charge in [-0.15, -0.1) is 0 Å². The van der Waals surface area contributed by atoms with Crippen LogP contribution >= 0.6 is 0 Å². The Bertz CT molecular complexity index is 944. The molecule has 1 N–H and O–H groups in total. The summed E-state index contributed by atoms with van der Waals surface area (Å²) in [5.41, 5.74) is 3.34. The summed E-state index contributed by atoms with van der Waals surface area (Å²) >= 11 is 0. The Balaban J connectivity index is 1.73. The molecule has 1 aromatic heterocycles. The number of rotatable bonds is 5. The fourth-order valence-corrected chi connectivity index (χ4v) is 4.99. The fraction of sp³-hybridized carbons (Fsp3) is 0.520. The summed E-state index contributed by atoms with van der Waals surface area (Å²) in [6, 6.07) is 7.23. The Labute approximate surface area is 190 Å². The summed E-state index contributed by atoms with van der Waals surface area (Å²) in [7, 11) is 0. The number of carbonyl (C=O) groups excluding carboxylic acids is 1. The highest BCUT2D eigenvalue weighted by Crippen LogP contribution is 2.35. The van der Waals surface area contributed by atoms with E-state index in [2.05, 4.69) is 26.2 Å². The van der Waals surface area contributed by atoms with Crippen LogP contribution in [0.15, 0.2) is 36.7 Å². The number of nitrogens with one attached hydrogen (secondary N) is 1. The molecule has 0 saturated carbocycles. The van der Waals surface area contributed by atoms with Crippen molar-refractivity contribution in [2.24, 2.45) is 0 Å². The molecule has 7 heteroatoms. The van der Waals surface area contributed by atoms with Crippen LogP contribution < -0.4 is 10.2 Å². The largest absolute Gasteiger partial charge is 0.338 e. The Hall–Kier alpha value is -2.51. The number of nitrogens with zero attached hydrogens (tertiary/aromatic N) is 4. The summed E-state index contributed by atoms with van der Waals surface area (Å²) in [5.74, 6) is -0.531. The van der Waals surface area contributed by atoms with E-state index in [1.807, 2.05) is 33.2 Å². The lowest BCUT2D eigenvalue weighted by Gasteiger charge is -2.34. The smallest absolute Gasteiger partial charge is 0.256 e. The fourth-order valence-electron chi connectivity index (χ4n) is 4.99. The second-order valence-electron chi connectivity index (χ2n) is 8.95. The Morgan fingerprint density at radius 3 is 2.72 bits per heavy atom. The molecule has 6 nitrogen and oxygen atoms in total. The van der Waals surface area contributed by atoms with E-state index in [1.54, 1.807) is 11.0 Å². The average molecular weight is 440 g/mol. The van der Waals surface area contributed by atoms with Crippen molar-refractivity contribution < 1.29 is 9.18 Å². The summed E-state index contributed by atoms with van der Waals surface area (Å²) in [6.45, 7) is 11.1. The van der Waals surface area contributed by atoms with Crippen molar-refractivity contribution in [2.75, 3.05) is 37.6 Å². The van der Waals surface area contributed by atoms with E-state index in [1.165, 1.54) is 17.7 Å². The zero-order chi connectivity index (χ0) is 22.7. The summed E-state index contributed by atoms with van der Waals surface area (Å²) < 4.78 is 14.3. The van der Waals surface area contributed by atoms with Gasteiger partial charge in [-0.25, -0.2) is 4.39 Å². The average Bonchev–Trinajstić information content (AvgIpc) is 2.99. The third-order valence-electron chi connectivity index (χ3n) is 6.69. The van der Waals surface area contributed by atoms with Crippen molar-refractivity contribution in [1.82, 2.24) is 20.1 Å². The number of fused-ring (bicyclic) bond motifs is 1. The highest BCUT2D eigenvalue weighted by molar-refractivity contribution is 6.01. The third kappa shape index (κ3) is 4.64. The SMILES string of the molecule is CCN(C(=O)c1cc(F)ccc1N1CCN(C2CCNCC2)Cc2ccncc21)C(C)C. The Kier molecular flexibility index (Phi) is 7.06. The van der Waals surface area contributed by atoms with Gasteiger partial charge in [-0.3, -0.25) is 14.7 Å². The molecule has 2 aliphatic heterocycles. The minimum atomic E-state index is -0.394. The van der Waals surface area contributed by atoms with E-state index in [0.717, 1.165) is 56.9 Å². The van der Waals surface area contributed by atoms with Crippen LogP contribution in [-0.2, 0) is 6.54 Å². The molecule has 1 saturated heterocycles. The van der Waals surface area contributed by atoms with Gasteiger partial charge in [0.05, 0.1) is 23.1 Å². The number of halogens is 1. The van der Waals surface area contributed by atoms with Gasteiger partial charge >= 0.3 is 0 Å². The Morgan fingerprint density at radius 1 is 1.22 bits per heavy atom. The van der Waals surface area contributed by atoms with E-state index in [-0.39, 0.29) is 11.9 Å². The molecule has 4 rings (SSSR count). The Morgan fingerprint density at radius 2 is 2.00 bits per heavy atom. The first-order chi connectivity index (χ1) is 15.5. The first-order valence-corrected chi connectivity index (χ1v) is 11.7. The molecule has 0 atom stereocenters. The van der Waals surface area contributed by atoms with Gasteiger partial charge in [0, 0.05) is 44.5 Å². The number of anilines is 2. The van der Waals surface area contributed by atoms with E-state index in [4.69, 9.17) is 0 Å². The molecule has 3 heterocycles. The van der Waals surface area contributed by atoms with Gasteiger partial charge in [-0.2, -0.15) is 0 Å². The summed E-state index contributed by atoms with van der Waals surface area (Å²) in [4.78, 5) is 24.3. The molecule has 2 aromatic rings. The predicted octanol–water partition coefficient (Wildman–Crippen LogP) is 3.80. The normalized spacial score (nSPS) is 17.8. The number of hydrogen-bond donors (Lipinski definition) is 1. The van der Waals surface area contributed by atoms with Crippen LogP contribution in [0.5, 0.6) is 0 Å². The van der Waals surface area contributed by atoms with Crippen molar-refractivity contribution in [3.63, 3.8) is 0 Å². The highest BCUT2D eigenvalue weighted by Gasteiger charge is 2.30. The highest BCUT2D eigenvalue weighted by atomic mass is 19.1. The van der Waals surface area contributed by atoms with Gasteiger partial charge < -0.3 is 15.1 Å². The third-order valence-corrected chi connectivity index (χ3v) is 6.69. The molecule has 1 fully saturated rings. The maximum Gasteiger partial charge on any atom is 0.256 e. The molecule has 32 heavy (non-hydrogen) atoms. The summed E-state index contributed by atoms with van der Waals surface area (Å²) in [5, 5.41) is 3.45. The molecular formula is C25H34FN5O. The first-order valence-electron chi connectivity index (χ1n) is 11.7. The van der Waals surface area contributed by atoms with Gasteiger partial charge in [0.2, 0.25) is 0 Å². The molecule has 172 valence electrons. The lowest BCUT2D eigenvalue weighted by Crippen LogP contribution is -2.44. The molecular weight excluding hydrogens is 405 g/mol. The van der Waals surface area contributed by atoms with Crippen LogP contribution in [-0.4, -0.2) is 65.5 Å². The molecule has 0 aliphatic carbocycles. The second-order valence-corrected chi connectivity index (χ2v) is 8.95. The monoisotopic (exact) mass is 439 g/mol. The van der Waals surface area contributed by atoms with Crippen molar-refractivity contribution in [3.05, 3.63) is 53.6 Å². The van der Waals surface area contributed by atoms with E-state index >= 15 is 0 Å². The van der Waals surface area contributed by atoms with E-state index < -0.39 is 5.82 Å². The standard InChI is InChI=1S/C25H34FN5O/c1-4-30(18(2)3)25(32)22-15-20(26)5-6-23(22)31-14-13-29(21-8-11-27-12-9-21)17-19-7-10-28-16-24(19)31/h5-7,10,15-16,18,21,27H,4,8-9,11-14,17H2,1-3H3.